The van der Waals surface area contributed by atoms with Gasteiger partial charge < -0.3 is 21.9 Å². The van der Waals surface area contributed by atoms with E-state index in [0.717, 1.165) is 0 Å². The highest BCUT2D eigenvalue weighted by Crippen LogP contribution is 2.31. The van der Waals surface area contributed by atoms with Crippen LogP contribution in [0.25, 0.3) is 16.0 Å². The minimum atomic E-state index is -1.02. The number of aliphatic carboxylic acids is 1. The molecule has 0 amide bonds. The third-order valence-electron chi connectivity index (χ3n) is 3.40. The molecule has 0 fully saturated rings. The summed E-state index contributed by atoms with van der Waals surface area (Å²) in [6, 6.07) is 6.64. The van der Waals surface area contributed by atoms with Gasteiger partial charge in [0.2, 0.25) is 0 Å². The molecule has 0 saturated carbocycles. The average molecular weight is 300 g/mol. The van der Waals surface area contributed by atoms with Gasteiger partial charge in [-0.25, -0.2) is 4.79 Å². The number of azide groups is 1. The summed E-state index contributed by atoms with van der Waals surface area (Å²) >= 11 is 0. The minimum Gasteiger partial charge on any atom is -0.478 e. The van der Waals surface area contributed by atoms with Crippen molar-refractivity contribution in [1.29, 1.82) is 0 Å². The van der Waals surface area contributed by atoms with E-state index in [1.165, 1.54) is 0 Å². The normalized spacial score (nSPS) is 17.3. The number of nitrogens with one attached hydrogen (secondary N) is 1. The molecule has 0 aromatic heterocycles. The van der Waals surface area contributed by atoms with Gasteiger partial charge in [0.25, 0.3) is 0 Å². The van der Waals surface area contributed by atoms with Crippen LogP contribution < -0.4 is 16.8 Å². The molecule has 1 unspecified atom stereocenters. The van der Waals surface area contributed by atoms with E-state index in [0.29, 0.717) is 22.5 Å². The molecule has 0 bridgehead atoms. The number of nitrogens with two attached hydrogens (primary N) is 2. The molecule has 1 aromatic carbocycles. The SMILES string of the molecule is [N-]=[N+]=NC/C(N)=C(/CN)C1C=C(C(=O)O)c2ccccc2N1. The molecule has 0 radical (unpaired) electrons. The summed E-state index contributed by atoms with van der Waals surface area (Å²) in [5, 5.41) is 16.0. The summed E-state index contributed by atoms with van der Waals surface area (Å²) in [6.07, 6.45) is 1.57. The number of benzene rings is 1. The Kier molecular flexibility index (Phi) is 4.67. The van der Waals surface area contributed by atoms with Gasteiger partial charge in [-0.2, -0.15) is 0 Å². The number of carboxylic acid groups (broad SMARTS) is 1. The number of fused-ring (bicyclic) bond motifs is 1. The number of nitrogens with zero attached hydrogens (tertiary/aromatic N) is 3. The smallest absolute Gasteiger partial charge is 0.336 e. The second kappa shape index (κ2) is 6.66. The number of hydrogen-bond acceptors (Lipinski definition) is 5. The van der Waals surface area contributed by atoms with Crippen LogP contribution in [0.4, 0.5) is 5.69 Å². The van der Waals surface area contributed by atoms with E-state index in [1.54, 1.807) is 24.3 Å². The third kappa shape index (κ3) is 3.03. The van der Waals surface area contributed by atoms with Crippen LogP contribution in [0.5, 0.6) is 0 Å². The van der Waals surface area contributed by atoms with Crippen LogP contribution in [0.2, 0.25) is 0 Å². The van der Waals surface area contributed by atoms with Gasteiger partial charge in [-0.05, 0) is 23.2 Å². The van der Waals surface area contributed by atoms with Crippen LogP contribution in [0.1, 0.15) is 5.56 Å². The summed E-state index contributed by atoms with van der Waals surface area (Å²) in [5.41, 5.74) is 22.4. The van der Waals surface area contributed by atoms with Gasteiger partial charge in [0.05, 0.1) is 18.2 Å². The van der Waals surface area contributed by atoms with E-state index >= 15 is 0 Å². The molecule has 2 rings (SSSR count). The fourth-order valence-electron chi connectivity index (χ4n) is 2.35. The lowest BCUT2D eigenvalue weighted by Gasteiger charge is -2.27. The zero-order valence-corrected chi connectivity index (χ0v) is 11.7. The lowest BCUT2D eigenvalue weighted by Crippen LogP contribution is -2.31. The third-order valence-corrected chi connectivity index (χ3v) is 3.40. The van der Waals surface area contributed by atoms with Crippen molar-refractivity contribution in [3.05, 3.63) is 57.6 Å². The summed E-state index contributed by atoms with van der Waals surface area (Å²) in [6.45, 7) is 0.106. The molecule has 1 aromatic rings. The number of rotatable bonds is 5. The van der Waals surface area contributed by atoms with Gasteiger partial charge in [0.15, 0.2) is 0 Å². The highest BCUT2D eigenvalue weighted by molar-refractivity contribution is 6.18. The van der Waals surface area contributed by atoms with Gasteiger partial charge in [0, 0.05) is 28.4 Å². The molecule has 1 atom stereocenters. The van der Waals surface area contributed by atoms with Crippen LogP contribution >= 0.6 is 0 Å². The Morgan fingerprint density at radius 1 is 1.45 bits per heavy atom. The molecule has 0 saturated heterocycles. The lowest BCUT2D eigenvalue weighted by molar-refractivity contribution is -0.130. The lowest BCUT2D eigenvalue weighted by atomic mass is 9.92. The Morgan fingerprint density at radius 2 is 2.18 bits per heavy atom. The fourth-order valence-corrected chi connectivity index (χ4v) is 2.35. The van der Waals surface area contributed by atoms with Crippen LogP contribution in [0.3, 0.4) is 0 Å². The van der Waals surface area contributed by atoms with E-state index < -0.39 is 12.0 Å². The fraction of sp³-hybridized carbons (Fsp3) is 0.214. The Labute approximate surface area is 126 Å². The quantitative estimate of drug-likeness (QED) is 0.368. The monoisotopic (exact) mass is 300 g/mol. The van der Waals surface area contributed by atoms with Gasteiger partial charge in [-0.1, -0.05) is 23.3 Å². The first-order chi connectivity index (χ1) is 10.6. The largest absolute Gasteiger partial charge is 0.478 e. The van der Waals surface area contributed by atoms with Gasteiger partial charge in [-0.3, -0.25) is 0 Å². The second-order valence-electron chi connectivity index (χ2n) is 4.70. The maximum absolute atomic E-state index is 11.5. The molecular formula is C14H16N6O2. The summed E-state index contributed by atoms with van der Waals surface area (Å²) in [7, 11) is 0. The van der Waals surface area contributed by atoms with Crippen molar-refractivity contribution >= 4 is 17.2 Å². The molecule has 8 heteroatoms. The summed E-state index contributed by atoms with van der Waals surface area (Å²) < 4.78 is 0. The minimum absolute atomic E-state index is 0.0148. The van der Waals surface area contributed by atoms with Crippen molar-refractivity contribution in [3.63, 3.8) is 0 Å². The first kappa shape index (κ1) is 15.4. The first-order valence-corrected chi connectivity index (χ1v) is 6.57. The number of para-hydroxylation sites is 1. The number of hydrogen-bond donors (Lipinski definition) is 4. The molecule has 6 N–H and O–H groups in total. The zero-order valence-electron chi connectivity index (χ0n) is 11.7. The van der Waals surface area contributed by atoms with Crippen LogP contribution in [0.15, 0.2) is 46.7 Å². The predicted molar refractivity (Wildman–Crippen MR) is 83.7 cm³/mol. The van der Waals surface area contributed by atoms with Crippen LogP contribution in [0, 0.1) is 0 Å². The van der Waals surface area contributed by atoms with Crippen molar-refractivity contribution in [1.82, 2.24) is 0 Å². The van der Waals surface area contributed by atoms with Crippen LogP contribution in [-0.2, 0) is 4.79 Å². The maximum Gasteiger partial charge on any atom is 0.336 e. The van der Waals surface area contributed by atoms with E-state index in [-0.39, 0.29) is 18.7 Å². The maximum atomic E-state index is 11.5. The van der Waals surface area contributed by atoms with Gasteiger partial charge >= 0.3 is 5.97 Å². The molecule has 1 aliphatic heterocycles. The number of carboxylic acids is 1. The van der Waals surface area contributed by atoms with Crippen LogP contribution in [-0.4, -0.2) is 30.2 Å². The first-order valence-electron chi connectivity index (χ1n) is 6.57. The summed E-state index contributed by atoms with van der Waals surface area (Å²) in [5.74, 6) is -1.02. The van der Waals surface area contributed by atoms with Crippen molar-refractivity contribution in [2.75, 3.05) is 18.4 Å². The van der Waals surface area contributed by atoms with E-state index in [4.69, 9.17) is 17.0 Å². The molecule has 0 aliphatic carbocycles. The van der Waals surface area contributed by atoms with E-state index in [2.05, 4.69) is 15.3 Å². The topological polar surface area (TPSA) is 150 Å². The Balaban J connectivity index is 2.47. The molecule has 8 nitrogen and oxygen atoms in total. The Morgan fingerprint density at radius 3 is 2.82 bits per heavy atom. The van der Waals surface area contributed by atoms with Gasteiger partial charge in [0.1, 0.15) is 0 Å². The number of carbonyl (C=O) groups is 1. The van der Waals surface area contributed by atoms with E-state index in [1.807, 2.05) is 6.07 Å². The molecule has 22 heavy (non-hydrogen) atoms. The average Bonchev–Trinajstić information content (AvgIpc) is 2.52. The van der Waals surface area contributed by atoms with E-state index in [9.17, 15) is 9.90 Å². The molecule has 1 heterocycles. The highest BCUT2D eigenvalue weighted by atomic mass is 16.4. The second-order valence-corrected chi connectivity index (χ2v) is 4.70. The zero-order chi connectivity index (χ0) is 16.1. The molecule has 0 spiro atoms. The van der Waals surface area contributed by atoms with Crippen molar-refractivity contribution in [3.8, 4) is 0 Å². The summed E-state index contributed by atoms with van der Waals surface area (Å²) in [4.78, 5) is 14.1. The highest BCUT2D eigenvalue weighted by Gasteiger charge is 2.25. The van der Waals surface area contributed by atoms with Crippen molar-refractivity contribution in [2.45, 2.75) is 6.04 Å². The standard InChI is InChI=1S/C14H16N6O2/c15-6-10(11(16)7-18-20-17)13-5-9(14(21)22)8-3-1-2-4-12(8)19-13/h1-5,13,19H,6-7,15-16H2,(H,21,22)/b11-10+. The molecule has 114 valence electrons. The Bertz CT molecular complexity index is 703. The molecule has 1 aliphatic rings. The number of anilines is 1. The van der Waals surface area contributed by atoms with Gasteiger partial charge in [-0.15, -0.1) is 0 Å². The predicted octanol–water partition coefficient (Wildman–Crippen LogP) is 1.43. The Hall–Kier alpha value is -2.96. The van der Waals surface area contributed by atoms with Crippen molar-refractivity contribution in [2.24, 2.45) is 16.6 Å². The molecular weight excluding hydrogens is 284 g/mol. The van der Waals surface area contributed by atoms with Crippen molar-refractivity contribution < 1.29 is 9.90 Å².